The molecule has 1 unspecified atom stereocenters. The Kier molecular flexibility index (Phi) is 7.16. The number of aromatic nitrogens is 1. The molecule has 0 fully saturated rings. The fourth-order valence-corrected chi connectivity index (χ4v) is 4.31. The first-order chi connectivity index (χ1) is 16.9. The molecule has 0 aliphatic carbocycles. The number of esters is 1. The Hall–Kier alpha value is -4.12. The molecule has 0 radical (unpaired) electrons. The number of Topliss-reactive ketones (excluding diaryl/α,β-unsaturated/α-hetero) is 1. The van der Waals surface area contributed by atoms with E-state index in [2.05, 4.69) is 9.72 Å². The number of benzene rings is 3. The molecule has 1 heterocycles. The van der Waals surface area contributed by atoms with E-state index < -0.39 is 11.8 Å². The molecule has 176 valence electrons. The van der Waals surface area contributed by atoms with E-state index in [1.165, 1.54) is 19.2 Å². The van der Waals surface area contributed by atoms with Gasteiger partial charge in [0.1, 0.15) is 5.82 Å². The predicted molar refractivity (Wildman–Crippen MR) is 134 cm³/mol. The average Bonchev–Trinajstić information content (AvgIpc) is 2.87. The molecule has 4 nitrogen and oxygen atoms in total. The summed E-state index contributed by atoms with van der Waals surface area (Å²) in [5.74, 6) is -1.51. The highest BCUT2D eigenvalue weighted by atomic mass is 19.1. The fraction of sp³-hybridized carbons (Fsp3) is 0.167. The summed E-state index contributed by atoms with van der Waals surface area (Å²) in [6.07, 6.45) is 1.94. The van der Waals surface area contributed by atoms with E-state index in [0.29, 0.717) is 11.1 Å². The maximum atomic E-state index is 14.6. The summed E-state index contributed by atoms with van der Waals surface area (Å²) < 4.78 is 19.2. The molecule has 4 rings (SSSR count). The third kappa shape index (κ3) is 5.35. The van der Waals surface area contributed by atoms with Crippen molar-refractivity contribution in [2.75, 3.05) is 7.11 Å². The molecule has 0 bridgehead atoms. The van der Waals surface area contributed by atoms with Crippen molar-refractivity contribution in [1.82, 2.24) is 4.98 Å². The Morgan fingerprint density at radius 1 is 0.914 bits per heavy atom. The van der Waals surface area contributed by atoms with Crippen LogP contribution in [0.25, 0.3) is 11.1 Å². The molecule has 0 amide bonds. The number of pyridine rings is 1. The summed E-state index contributed by atoms with van der Waals surface area (Å²) in [4.78, 5) is 29.2. The van der Waals surface area contributed by atoms with Crippen LogP contribution in [0, 0.1) is 19.7 Å². The molecule has 3 aromatic carbocycles. The second kappa shape index (κ2) is 10.4. The van der Waals surface area contributed by atoms with Gasteiger partial charge >= 0.3 is 5.97 Å². The van der Waals surface area contributed by atoms with Crippen LogP contribution in [0.5, 0.6) is 0 Å². The first kappa shape index (κ1) is 24.0. The number of aryl methyl sites for hydroxylation is 2. The lowest BCUT2D eigenvalue weighted by Gasteiger charge is -2.21. The Balaban J connectivity index is 1.74. The number of hydrogen-bond acceptors (Lipinski definition) is 4. The lowest BCUT2D eigenvalue weighted by Crippen LogP contribution is -2.11. The number of rotatable bonds is 7. The van der Waals surface area contributed by atoms with Crippen LogP contribution in [0.15, 0.2) is 85.1 Å². The third-order valence-electron chi connectivity index (χ3n) is 6.17. The molecule has 4 aromatic rings. The van der Waals surface area contributed by atoms with Gasteiger partial charge in [-0.1, -0.05) is 54.6 Å². The highest BCUT2D eigenvalue weighted by molar-refractivity contribution is 5.97. The van der Waals surface area contributed by atoms with Crippen LogP contribution in [0.2, 0.25) is 0 Å². The zero-order valence-electron chi connectivity index (χ0n) is 19.9. The van der Waals surface area contributed by atoms with Gasteiger partial charge in [-0.25, -0.2) is 9.18 Å². The first-order valence-corrected chi connectivity index (χ1v) is 11.4. The van der Waals surface area contributed by atoms with Crippen molar-refractivity contribution in [3.63, 3.8) is 0 Å². The number of hydrogen-bond donors (Lipinski definition) is 0. The van der Waals surface area contributed by atoms with Crippen LogP contribution in [0.4, 0.5) is 4.39 Å². The topological polar surface area (TPSA) is 56.3 Å². The molecule has 35 heavy (non-hydrogen) atoms. The van der Waals surface area contributed by atoms with Crippen LogP contribution < -0.4 is 0 Å². The monoisotopic (exact) mass is 467 g/mol. The number of carbonyl (C=O) groups excluding carboxylic acids is 2. The van der Waals surface area contributed by atoms with E-state index in [1.807, 2.05) is 62.4 Å². The number of nitrogens with zero attached hydrogens (tertiary/aromatic N) is 1. The summed E-state index contributed by atoms with van der Waals surface area (Å²) >= 11 is 0. The number of ketones is 1. The largest absolute Gasteiger partial charge is 0.465 e. The van der Waals surface area contributed by atoms with Crippen molar-refractivity contribution in [3.05, 3.63) is 124 Å². The molecule has 1 aromatic heterocycles. The standard InChI is InChI=1S/C30H26FNO3/c1-19-7-4-5-10-25(19)27(18-29(33)24-13-14-32-20(2)15-24)23-9-6-8-21(16-23)22-11-12-26(28(31)17-22)30(34)35-3/h4-17,27H,18H2,1-3H3. The highest BCUT2D eigenvalue weighted by Crippen LogP contribution is 2.34. The quantitative estimate of drug-likeness (QED) is 0.224. The summed E-state index contributed by atoms with van der Waals surface area (Å²) in [5, 5.41) is 0. The van der Waals surface area contributed by atoms with Gasteiger partial charge in [0.25, 0.3) is 0 Å². The van der Waals surface area contributed by atoms with Crippen molar-refractivity contribution in [3.8, 4) is 11.1 Å². The smallest absolute Gasteiger partial charge is 0.340 e. The van der Waals surface area contributed by atoms with E-state index in [4.69, 9.17) is 0 Å². The van der Waals surface area contributed by atoms with Crippen molar-refractivity contribution >= 4 is 11.8 Å². The zero-order chi connectivity index (χ0) is 24.9. The molecular formula is C30H26FNO3. The van der Waals surface area contributed by atoms with Crippen molar-refractivity contribution in [2.24, 2.45) is 0 Å². The van der Waals surface area contributed by atoms with Gasteiger partial charge in [0, 0.05) is 29.8 Å². The number of halogens is 1. The summed E-state index contributed by atoms with van der Waals surface area (Å²) in [6, 6.07) is 23.8. The van der Waals surface area contributed by atoms with Gasteiger partial charge in [-0.3, -0.25) is 9.78 Å². The van der Waals surface area contributed by atoms with Crippen molar-refractivity contribution in [1.29, 1.82) is 0 Å². The Morgan fingerprint density at radius 3 is 2.40 bits per heavy atom. The molecule has 1 atom stereocenters. The van der Waals surface area contributed by atoms with Crippen LogP contribution in [0.1, 0.15) is 55.4 Å². The normalized spacial score (nSPS) is 11.7. The molecule has 0 N–H and O–H groups in total. The minimum Gasteiger partial charge on any atom is -0.465 e. The van der Waals surface area contributed by atoms with Crippen LogP contribution in [-0.2, 0) is 4.74 Å². The molecule has 0 aliphatic heterocycles. The van der Waals surface area contributed by atoms with Gasteiger partial charge < -0.3 is 4.74 Å². The van der Waals surface area contributed by atoms with Crippen molar-refractivity contribution in [2.45, 2.75) is 26.2 Å². The molecule has 5 heteroatoms. The van der Waals surface area contributed by atoms with Gasteiger partial charge in [-0.2, -0.15) is 0 Å². The zero-order valence-corrected chi connectivity index (χ0v) is 19.9. The lowest BCUT2D eigenvalue weighted by molar-refractivity contribution is 0.0595. The van der Waals surface area contributed by atoms with E-state index >= 15 is 0 Å². The van der Waals surface area contributed by atoms with E-state index in [0.717, 1.165) is 27.9 Å². The molecule has 0 saturated heterocycles. The average molecular weight is 468 g/mol. The van der Waals surface area contributed by atoms with Gasteiger partial charge in [-0.05, 0) is 65.9 Å². The predicted octanol–water partition coefficient (Wildman–Crippen LogP) is 6.70. The molecule has 0 spiro atoms. The first-order valence-electron chi connectivity index (χ1n) is 11.4. The summed E-state index contributed by atoms with van der Waals surface area (Å²) in [7, 11) is 1.22. The Labute approximate surface area is 204 Å². The summed E-state index contributed by atoms with van der Waals surface area (Å²) in [6.45, 7) is 3.90. The fourth-order valence-electron chi connectivity index (χ4n) is 4.31. The van der Waals surface area contributed by atoms with Crippen LogP contribution >= 0.6 is 0 Å². The molecular weight excluding hydrogens is 441 g/mol. The van der Waals surface area contributed by atoms with Crippen LogP contribution in [0.3, 0.4) is 0 Å². The Bertz CT molecular complexity index is 1400. The number of methoxy groups -OCH3 is 1. The van der Waals surface area contributed by atoms with Gasteiger partial charge in [0.2, 0.25) is 0 Å². The van der Waals surface area contributed by atoms with E-state index in [-0.39, 0.29) is 23.7 Å². The lowest BCUT2D eigenvalue weighted by atomic mass is 9.83. The van der Waals surface area contributed by atoms with Gasteiger partial charge in [0.15, 0.2) is 5.78 Å². The second-order valence-corrected chi connectivity index (χ2v) is 8.53. The SMILES string of the molecule is COC(=O)c1ccc(-c2cccc(C(CC(=O)c3ccnc(C)c3)c3ccccc3C)c2)cc1F. The third-order valence-corrected chi connectivity index (χ3v) is 6.17. The minimum absolute atomic E-state index is 0.0302. The minimum atomic E-state index is -0.715. The highest BCUT2D eigenvalue weighted by Gasteiger charge is 2.22. The number of carbonyl (C=O) groups is 2. The second-order valence-electron chi connectivity index (χ2n) is 8.53. The maximum Gasteiger partial charge on any atom is 0.340 e. The summed E-state index contributed by atoms with van der Waals surface area (Å²) in [5.41, 5.74) is 5.86. The number of ether oxygens (including phenoxy) is 1. The van der Waals surface area contributed by atoms with E-state index in [9.17, 15) is 14.0 Å². The molecule has 0 saturated carbocycles. The van der Waals surface area contributed by atoms with E-state index in [1.54, 1.807) is 24.4 Å². The van der Waals surface area contributed by atoms with Gasteiger partial charge in [0.05, 0.1) is 12.7 Å². The maximum absolute atomic E-state index is 14.6. The Morgan fingerprint density at radius 2 is 1.69 bits per heavy atom. The van der Waals surface area contributed by atoms with Gasteiger partial charge in [-0.15, -0.1) is 0 Å². The molecule has 0 aliphatic rings. The van der Waals surface area contributed by atoms with Crippen molar-refractivity contribution < 1.29 is 18.7 Å². The van der Waals surface area contributed by atoms with Crippen LogP contribution in [-0.4, -0.2) is 23.8 Å².